The van der Waals surface area contributed by atoms with Crippen LogP contribution in [0.2, 0.25) is 0 Å². The van der Waals surface area contributed by atoms with E-state index in [0.29, 0.717) is 16.7 Å². The van der Waals surface area contributed by atoms with E-state index < -0.39 is 17.5 Å². The Kier molecular flexibility index (Phi) is 6.86. The molecule has 1 saturated heterocycles. The van der Waals surface area contributed by atoms with Gasteiger partial charge in [-0.1, -0.05) is 62.6 Å². The number of nitriles is 1. The van der Waals surface area contributed by atoms with Crippen LogP contribution in [0.1, 0.15) is 66.6 Å². The standard InChI is InChI=1S/C25H27N3O3/c1-3-4-5-6-7-18-8-12-20(13-9-18)22(29)17-28-23(30)25(2,27-24(28)31)21-14-10-19(16-26)11-15-21/h8-15H,3-7,17H2,1-2H3,(H,27,31). The maximum absolute atomic E-state index is 13.0. The molecule has 31 heavy (non-hydrogen) atoms. The van der Waals surface area contributed by atoms with Crippen molar-refractivity contribution in [3.8, 4) is 6.07 Å². The van der Waals surface area contributed by atoms with Gasteiger partial charge < -0.3 is 5.32 Å². The normalized spacial score (nSPS) is 18.0. The summed E-state index contributed by atoms with van der Waals surface area (Å²) in [5.41, 5.74) is 1.41. The number of rotatable bonds is 9. The van der Waals surface area contributed by atoms with Gasteiger partial charge in [-0.3, -0.25) is 14.5 Å². The molecule has 0 bridgehead atoms. The van der Waals surface area contributed by atoms with Crippen LogP contribution in [0.4, 0.5) is 4.79 Å². The maximum Gasteiger partial charge on any atom is 0.325 e. The van der Waals surface area contributed by atoms with Crippen LogP contribution in [0.25, 0.3) is 0 Å². The minimum atomic E-state index is -1.27. The lowest BCUT2D eigenvalue weighted by molar-refractivity contribution is -0.130. The summed E-state index contributed by atoms with van der Waals surface area (Å²) in [4.78, 5) is 39.2. The van der Waals surface area contributed by atoms with Crippen LogP contribution < -0.4 is 5.32 Å². The molecule has 1 heterocycles. The third-order valence-corrected chi connectivity index (χ3v) is 5.76. The van der Waals surface area contributed by atoms with Crippen LogP contribution >= 0.6 is 0 Å². The molecular formula is C25H27N3O3. The maximum atomic E-state index is 13.0. The Hall–Kier alpha value is -3.46. The van der Waals surface area contributed by atoms with Gasteiger partial charge >= 0.3 is 6.03 Å². The number of carbonyl (C=O) groups is 3. The van der Waals surface area contributed by atoms with Crippen molar-refractivity contribution < 1.29 is 14.4 Å². The van der Waals surface area contributed by atoms with Crippen molar-refractivity contribution in [3.05, 3.63) is 70.8 Å². The lowest BCUT2D eigenvalue weighted by Crippen LogP contribution is -2.41. The third kappa shape index (κ3) is 4.83. The first-order valence-corrected chi connectivity index (χ1v) is 10.7. The Bertz CT molecular complexity index is 1010. The molecule has 2 aromatic rings. The molecule has 1 N–H and O–H groups in total. The zero-order valence-corrected chi connectivity index (χ0v) is 18.0. The summed E-state index contributed by atoms with van der Waals surface area (Å²) in [6, 6.07) is 15.3. The van der Waals surface area contributed by atoms with Crippen LogP contribution in [-0.2, 0) is 16.8 Å². The molecular weight excluding hydrogens is 390 g/mol. The molecule has 6 nitrogen and oxygen atoms in total. The second-order valence-electron chi connectivity index (χ2n) is 8.07. The number of unbranched alkanes of at least 4 members (excludes halogenated alkanes) is 3. The van der Waals surface area contributed by atoms with E-state index in [1.54, 1.807) is 43.3 Å². The van der Waals surface area contributed by atoms with Gasteiger partial charge in [-0.05, 0) is 43.0 Å². The van der Waals surface area contributed by atoms with E-state index in [0.717, 1.165) is 17.7 Å². The van der Waals surface area contributed by atoms with Crippen LogP contribution in [-0.4, -0.2) is 29.2 Å². The molecule has 2 aromatic carbocycles. The van der Waals surface area contributed by atoms with Crippen molar-refractivity contribution in [2.24, 2.45) is 0 Å². The predicted molar refractivity (Wildman–Crippen MR) is 117 cm³/mol. The van der Waals surface area contributed by atoms with Crippen molar-refractivity contribution >= 4 is 17.7 Å². The monoisotopic (exact) mass is 417 g/mol. The Balaban J connectivity index is 1.66. The molecule has 1 aliphatic rings. The van der Waals surface area contributed by atoms with Gasteiger partial charge in [0.15, 0.2) is 5.78 Å². The molecule has 6 heteroatoms. The largest absolute Gasteiger partial charge is 0.325 e. The Morgan fingerprint density at radius 1 is 1.03 bits per heavy atom. The predicted octanol–water partition coefficient (Wildman–Crippen LogP) is 4.33. The minimum absolute atomic E-state index is 0.287. The van der Waals surface area contributed by atoms with Crippen molar-refractivity contribution in [1.29, 1.82) is 5.26 Å². The van der Waals surface area contributed by atoms with Gasteiger partial charge in [0.25, 0.3) is 5.91 Å². The fourth-order valence-electron chi connectivity index (χ4n) is 3.76. The number of amides is 3. The topological polar surface area (TPSA) is 90.3 Å². The number of ketones is 1. The van der Waals surface area contributed by atoms with Gasteiger partial charge in [0.1, 0.15) is 5.54 Å². The lowest BCUT2D eigenvalue weighted by Gasteiger charge is -2.22. The number of Topliss-reactive ketones (excluding diaryl/α,β-unsaturated/α-hetero) is 1. The van der Waals surface area contributed by atoms with E-state index in [-0.39, 0.29) is 12.3 Å². The first kappa shape index (κ1) is 22.2. The molecule has 1 fully saturated rings. The van der Waals surface area contributed by atoms with Crippen LogP contribution in [0.3, 0.4) is 0 Å². The quantitative estimate of drug-likeness (QED) is 0.373. The van der Waals surface area contributed by atoms with Crippen molar-refractivity contribution in [1.82, 2.24) is 10.2 Å². The smallest absolute Gasteiger partial charge is 0.319 e. The van der Waals surface area contributed by atoms with Crippen LogP contribution in [0.5, 0.6) is 0 Å². The summed E-state index contributed by atoms with van der Waals surface area (Å²) in [7, 11) is 0. The Morgan fingerprint density at radius 3 is 2.32 bits per heavy atom. The third-order valence-electron chi connectivity index (χ3n) is 5.76. The molecule has 0 radical (unpaired) electrons. The van der Waals surface area contributed by atoms with Gasteiger partial charge in [0.2, 0.25) is 0 Å². The average Bonchev–Trinajstić information content (AvgIpc) is 3.01. The number of aryl methyl sites for hydroxylation is 1. The van der Waals surface area contributed by atoms with Gasteiger partial charge in [-0.2, -0.15) is 5.26 Å². The molecule has 3 amide bonds. The van der Waals surface area contributed by atoms with Crippen molar-refractivity contribution in [2.75, 3.05) is 6.54 Å². The van der Waals surface area contributed by atoms with Crippen molar-refractivity contribution in [2.45, 2.75) is 51.5 Å². The van der Waals surface area contributed by atoms with Crippen LogP contribution in [0.15, 0.2) is 48.5 Å². The number of carbonyl (C=O) groups excluding carboxylic acids is 3. The first-order chi connectivity index (χ1) is 14.9. The highest BCUT2D eigenvalue weighted by molar-refractivity contribution is 6.11. The summed E-state index contributed by atoms with van der Waals surface area (Å²) in [5.74, 6) is -0.770. The van der Waals surface area contributed by atoms with E-state index in [2.05, 4.69) is 12.2 Å². The molecule has 0 saturated carbocycles. The van der Waals surface area contributed by atoms with Gasteiger partial charge in [-0.15, -0.1) is 0 Å². The highest BCUT2D eigenvalue weighted by Crippen LogP contribution is 2.29. The number of urea groups is 1. The molecule has 160 valence electrons. The summed E-state index contributed by atoms with van der Waals surface area (Å²) in [6.07, 6.45) is 5.72. The zero-order chi connectivity index (χ0) is 22.4. The summed E-state index contributed by atoms with van der Waals surface area (Å²) < 4.78 is 0. The molecule has 0 aliphatic carbocycles. The van der Waals surface area contributed by atoms with Gasteiger partial charge in [0.05, 0.1) is 18.2 Å². The molecule has 0 spiro atoms. The average molecular weight is 418 g/mol. The van der Waals surface area contributed by atoms with Crippen LogP contribution in [0, 0.1) is 11.3 Å². The number of benzene rings is 2. The highest BCUT2D eigenvalue weighted by atomic mass is 16.2. The SMILES string of the molecule is CCCCCCc1ccc(C(=O)CN2C(=O)NC(C)(c3ccc(C#N)cc3)C2=O)cc1. The first-order valence-electron chi connectivity index (χ1n) is 10.7. The van der Waals surface area contributed by atoms with Gasteiger partial charge in [-0.25, -0.2) is 4.79 Å². The molecule has 3 rings (SSSR count). The van der Waals surface area contributed by atoms with E-state index in [4.69, 9.17) is 5.26 Å². The fraction of sp³-hybridized carbons (Fsp3) is 0.360. The minimum Gasteiger partial charge on any atom is -0.319 e. The molecule has 1 atom stereocenters. The highest BCUT2D eigenvalue weighted by Gasteiger charge is 2.49. The number of hydrogen-bond donors (Lipinski definition) is 1. The lowest BCUT2D eigenvalue weighted by atomic mass is 9.91. The fourth-order valence-corrected chi connectivity index (χ4v) is 3.76. The second kappa shape index (κ2) is 9.57. The molecule has 1 aliphatic heterocycles. The zero-order valence-electron chi connectivity index (χ0n) is 18.0. The van der Waals surface area contributed by atoms with E-state index in [9.17, 15) is 14.4 Å². The van der Waals surface area contributed by atoms with E-state index in [1.807, 2.05) is 18.2 Å². The Labute approximate surface area is 182 Å². The summed E-state index contributed by atoms with van der Waals surface area (Å²) in [6.45, 7) is 3.47. The second-order valence-corrected chi connectivity index (χ2v) is 8.07. The number of hydrogen-bond acceptors (Lipinski definition) is 4. The number of imide groups is 1. The van der Waals surface area contributed by atoms with Gasteiger partial charge in [0, 0.05) is 5.56 Å². The number of nitrogens with zero attached hydrogens (tertiary/aromatic N) is 2. The summed E-state index contributed by atoms with van der Waals surface area (Å²) >= 11 is 0. The summed E-state index contributed by atoms with van der Waals surface area (Å²) in [5, 5.41) is 11.6. The number of nitrogens with one attached hydrogen (secondary N) is 1. The van der Waals surface area contributed by atoms with E-state index in [1.165, 1.54) is 24.8 Å². The van der Waals surface area contributed by atoms with Crippen molar-refractivity contribution in [3.63, 3.8) is 0 Å². The molecule has 0 aromatic heterocycles. The molecule has 1 unspecified atom stereocenters. The Morgan fingerprint density at radius 2 is 1.71 bits per heavy atom. The van der Waals surface area contributed by atoms with E-state index >= 15 is 0 Å².